The molecule has 2 atom stereocenters. The predicted molar refractivity (Wildman–Crippen MR) is 95.2 cm³/mol. The lowest BCUT2D eigenvalue weighted by Crippen LogP contribution is -2.52. The number of nitrogens with one attached hydrogen (secondary N) is 1. The molecule has 0 bridgehead atoms. The fourth-order valence-corrected chi connectivity index (χ4v) is 3.46. The lowest BCUT2D eigenvalue weighted by atomic mass is 9.79. The van der Waals surface area contributed by atoms with E-state index in [0.29, 0.717) is 43.9 Å². The van der Waals surface area contributed by atoms with E-state index in [-0.39, 0.29) is 11.8 Å². The molecule has 2 N–H and O–H groups in total. The summed E-state index contributed by atoms with van der Waals surface area (Å²) >= 11 is 0. The summed E-state index contributed by atoms with van der Waals surface area (Å²) < 4.78 is 5.11. The first-order chi connectivity index (χ1) is 12.0. The van der Waals surface area contributed by atoms with E-state index < -0.39 is 5.60 Å². The monoisotopic (exact) mass is 343 g/mol. The van der Waals surface area contributed by atoms with E-state index in [1.54, 1.807) is 19.5 Å². The van der Waals surface area contributed by atoms with Crippen molar-refractivity contribution in [3.05, 3.63) is 42.2 Å². The number of methoxy groups -OCH3 is 1. The van der Waals surface area contributed by atoms with Gasteiger partial charge < -0.3 is 19.7 Å². The molecular weight excluding hydrogens is 318 g/mol. The number of H-pyrrole nitrogens is 1. The van der Waals surface area contributed by atoms with Crippen molar-refractivity contribution in [3.63, 3.8) is 0 Å². The standard InChI is InChI=1S/C19H25N3O3/c1-14-13-22(11-7-19(14,24)8-12-25-2)18(23)16-6-4-3-5-15(16)17-20-9-10-21-17/h3-6,9-10,14,24H,7-8,11-13H2,1-2H3,(H,20,21)/t14-,19-/m0/s1. The number of benzene rings is 1. The number of nitrogens with zero attached hydrogens (tertiary/aromatic N) is 2. The zero-order valence-electron chi connectivity index (χ0n) is 14.7. The Kier molecular flexibility index (Phi) is 5.20. The van der Waals surface area contributed by atoms with Gasteiger partial charge in [0.1, 0.15) is 5.82 Å². The molecular formula is C19H25N3O3. The third-order valence-corrected chi connectivity index (χ3v) is 5.16. The second-order valence-corrected chi connectivity index (χ2v) is 6.73. The molecule has 1 aromatic carbocycles. The van der Waals surface area contributed by atoms with Crippen LogP contribution in [0.5, 0.6) is 0 Å². The van der Waals surface area contributed by atoms with E-state index in [0.717, 1.165) is 5.56 Å². The van der Waals surface area contributed by atoms with Crippen LogP contribution < -0.4 is 0 Å². The highest BCUT2D eigenvalue weighted by molar-refractivity contribution is 6.00. The van der Waals surface area contributed by atoms with E-state index in [1.165, 1.54) is 0 Å². The van der Waals surface area contributed by atoms with Crippen LogP contribution >= 0.6 is 0 Å². The normalized spacial score (nSPS) is 23.6. The maximum atomic E-state index is 13.1. The molecule has 25 heavy (non-hydrogen) atoms. The number of aromatic nitrogens is 2. The summed E-state index contributed by atoms with van der Waals surface area (Å²) in [6.45, 7) is 3.59. The van der Waals surface area contributed by atoms with Gasteiger partial charge in [0, 0.05) is 50.7 Å². The highest BCUT2D eigenvalue weighted by Gasteiger charge is 2.40. The van der Waals surface area contributed by atoms with Crippen LogP contribution in [0.25, 0.3) is 11.4 Å². The summed E-state index contributed by atoms with van der Waals surface area (Å²) in [6, 6.07) is 7.49. The van der Waals surface area contributed by atoms with E-state index in [2.05, 4.69) is 9.97 Å². The first kappa shape index (κ1) is 17.6. The predicted octanol–water partition coefficient (Wildman–Crippen LogP) is 2.33. The van der Waals surface area contributed by atoms with Gasteiger partial charge in [-0.05, 0) is 18.9 Å². The quantitative estimate of drug-likeness (QED) is 0.873. The molecule has 1 aliphatic heterocycles. The van der Waals surface area contributed by atoms with Crippen LogP contribution in [0.4, 0.5) is 0 Å². The molecule has 3 rings (SSSR count). The minimum atomic E-state index is -0.771. The Morgan fingerprint density at radius 3 is 2.96 bits per heavy atom. The Labute approximate surface area is 147 Å². The van der Waals surface area contributed by atoms with Crippen molar-refractivity contribution in [2.24, 2.45) is 5.92 Å². The summed E-state index contributed by atoms with van der Waals surface area (Å²) in [5.74, 6) is 0.661. The molecule has 0 aliphatic carbocycles. The Morgan fingerprint density at radius 1 is 1.48 bits per heavy atom. The molecule has 1 saturated heterocycles. The number of rotatable bonds is 5. The van der Waals surface area contributed by atoms with Gasteiger partial charge in [-0.3, -0.25) is 4.79 Å². The van der Waals surface area contributed by atoms with Gasteiger partial charge in [-0.25, -0.2) is 4.98 Å². The first-order valence-corrected chi connectivity index (χ1v) is 8.64. The van der Waals surface area contributed by atoms with E-state index in [4.69, 9.17) is 4.74 Å². The highest BCUT2D eigenvalue weighted by atomic mass is 16.5. The second kappa shape index (κ2) is 7.37. The number of likely N-dealkylation sites (tertiary alicyclic amines) is 1. The Morgan fingerprint density at radius 2 is 2.28 bits per heavy atom. The number of piperidine rings is 1. The fraction of sp³-hybridized carbons (Fsp3) is 0.474. The zero-order valence-corrected chi connectivity index (χ0v) is 14.7. The summed E-state index contributed by atoms with van der Waals surface area (Å²) in [6.07, 6.45) is 4.58. The van der Waals surface area contributed by atoms with Gasteiger partial charge >= 0.3 is 0 Å². The minimum absolute atomic E-state index is 0.00359. The number of carbonyl (C=O) groups is 1. The van der Waals surface area contributed by atoms with E-state index in [9.17, 15) is 9.90 Å². The molecule has 0 radical (unpaired) electrons. The number of aromatic amines is 1. The maximum Gasteiger partial charge on any atom is 0.254 e. The molecule has 134 valence electrons. The summed E-state index contributed by atoms with van der Waals surface area (Å²) in [4.78, 5) is 22.2. The first-order valence-electron chi connectivity index (χ1n) is 8.64. The van der Waals surface area contributed by atoms with Crippen molar-refractivity contribution in [1.82, 2.24) is 14.9 Å². The Balaban J connectivity index is 1.78. The van der Waals surface area contributed by atoms with Gasteiger partial charge in [0.05, 0.1) is 11.2 Å². The third-order valence-electron chi connectivity index (χ3n) is 5.16. The van der Waals surface area contributed by atoms with E-state index in [1.807, 2.05) is 36.1 Å². The summed E-state index contributed by atoms with van der Waals surface area (Å²) in [7, 11) is 1.64. The van der Waals surface area contributed by atoms with Crippen LogP contribution in [0.1, 0.15) is 30.1 Å². The molecule has 1 aliphatic rings. The number of imidazole rings is 1. The lowest BCUT2D eigenvalue weighted by Gasteiger charge is -2.43. The molecule has 2 aromatic rings. The molecule has 6 nitrogen and oxygen atoms in total. The van der Waals surface area contributed by atoms with Crippen LogP contribution in [0.2, 0.25) is 0 Å². The van der Waals surface area contributed by atoms with Crippen LogP contribution in [0.15, 0.2) is 36.7 Å². The smallest absolute Gasteiger partial charge is 0.254 e. The number of carbonyl (C=O) groups excluding carboxylic acids is 1. The van der Waals surface area contributed by atoms with Crippen molar-refractivity contribution < 1.29 is 14.6 Å². The van der Waals surface area contributed by atoms with Crippen molar-refractivity contribution in [1.29, 1.82) is 0 Å². The highest BCUT2D eigenvalue weighted by Crippen LogP contribution is 2.32. The Bertz CT molecular complexity index is 716. The van der Waals surface area contributed by atoms with Crippen LogP contribution in [-0.2, 0) is 4.74 Å². The number of ether oxygens (including phenoxy) is 1. The van der Waals surface area contributed by atoms with Crippen LogP contribution in [0.3, 0.4) is 0 Å². The molecule has 0 unspecified atom stereocenters. The fourth-order valence-electron chi connectivity index (χ4n) is 3.46. The van der Waals surface area contributed by atoms with Gasteiger partial charge in [0.25, 0.3) is 5.91 Å². The van der Waals surface area contributed by atoms with Gasteiger partial charge in [-0.15, -0.1) is 0 Å². The molecule has 6 heteroatoms. The van der Waals surface area contributed by atoms with Crippen molar-refractivity contribution in [3.8, 4) is 11.4 Å². The molecule has 1 fully saturated rings. The number of hydrogen-bond donors (Lipinski definition) is 2. The van der Waals surface area contributed by atoms with Gasteiger partial charge in [0.15, 0.2) is 0 Å². The largest absolute Gasteiger partial charge is 0.389 e. The average Bonchev–Trinajstić information content (AvgIpc) is 3.16. The van der Waals surface area contributed by atoms with Crippen molar-refractivity contribution in [2.45, 2.75) is 25.4 Å². The molecule has 0 spiro atoms. The van der Waals surface area contributed by atoms with Gasteiger partial charge in [-0.2, -0.15) is 0 Å². The summed E-state index contributed by atoms with van der Waals surface area (Å²) in [5, 5.41) is 10.8. The van der Waals surface area contributed by atoms with E-state index >= 15 is 0 Å². The van der Waals surface area contributed by atoms with Crippen LogP contribution in [-0.4, -0.2) is 58.3 Å². The molecule has 0 saturated carbocycles. The van der Waals surface area contributed by atoms with Gasteiger partial charge in [0.2, 0.25) is 0 Å². The molecule has 1 amide bonds. The third kappa shape index (κ3) is 3.60. The molecule has 1 aromatic heterocycles. The minimum Gasteiger partial charge on any atom is -0.389 e. The number of hydrogen-bond acceptors (Lipinski definition) is 4. The Hall–Kier alpha value is -2.18. The lowest BCUT2D eigenvalue weighted by molar-refractivity contribution is -0.0750. The summed E-state index contributed by atoms with van der Waals surface area (Å²) in [5.41, 5.74) is 0.658. The van der Waals surface area contributed by atoms with Crippen LogP contribution in [0, 0.1) is 5.92 Å². The molecule has 2 heterocycles. The maximum absolute atomic E-state index is 13.1. The van der Waals surface area contributed by atoms with Crippen molar-refractivity contribution >= 4 is 5.91 Å². The zero-order chi connectivity index (χ0) is 17.9. The van der Waals surface area contributed by atoms with Gasteiger partial charge in [-0.1, -0.05) is 25.1 Å². The number of aliphatic hydroxyl groups is 1. The number of amides is 1. The van der Waals surface area contributed by atoms with Crippen molar-refractivity contribution in [2.75, 3.05) is 26.8 Å². The SMILES string of the molecule is COCC[C@@]1(O)CCN(C(=O)c2ccccc2-c2ncc[nH]2)C[C@@H]1C. The second-order valence-electron chi connectivity index (χ2n) is 6.73. The topological polar surface area (TPSA) is 78.5 Å². The average molecular weight is 343 g/mol.